The van der Waals surface area contributed by atoms with Gasteiger partial charge < -0.3 is 14.8 Å². The van der Waals surface area contributed by atoms with Crippen molar-refractivity contribution in [1.29, 1.82) is 0 Å². The van der Waals surface area contributed by atoms with E-state index in [1.54, 1.807) is 7.11 Å². The van der Waals surface area contributed by atoms with Crippen LogP contribution in [0.1, 0.15) is 30.5 Å². The Bertz CT molecular complexity index is 623. The van der Waals surface area contributed by atoms with Gasteiger partial charge in [0, 0.05) is 31.7 Å². The minimum Gasteiger partial charge on any atom is -0.462 e. The van der Waals surface area contributed by atoms with Crippen molar-refractivity contribution in [2.75, 3.05) is 12.4 Å². The summed E-state index contributed by atoms with van der Waals surface area (Å²) >= 11 is 0. The van der Waals surface area contributed by atoms with Crippen LogP contribution in [0, 0.1) is 6.92 Å². The summed E-state index contributed by atoms with van der Waals surface area (Å²) < 4.78 is 11.6. The molecule has 3 heteroatoms. The molecular formula is C18H21NO2. The fourth-order valence-corrected chi connectivity index (χ4v) is 2.72. The number of hydrogen-bond donors (Lipinski definition) is 1. The molecule has 2 atom stereocenters. The first-order valence-electron chi connectivity index (χ1n) is 7.26. The second-order valence-corrected chi connectivity index (χ2v) is 5.74. The second kappa shape index (κ2) is 5.41. The molecule has 1 heterocycles. The highest BCUT2D eigenvalue weighted by molar-refractivity contribution is 5.49. The van der Waals surface area contributed by atoms with E-state index >= 15 is 0 Å². The van der Waals surface area contributed by atoms with Crippen LogP contribution in [0.15, 0.2) is 48.5 Å². The van der Waals surface area contributed by atoms with Crippen LogP contribution in [0.4, 0.5) is 5.69 Å². The Morgan fingerprint density at radius 2 is 1.86 bits per heavy atom. The molecule has 3 nitrogen and oxygen atoms in total. The fourth-order valence-electron chi connectivity index (χ4n) is 2.72. The summed E-state index contributed by atoms with van der Waals surface area (Å²) in [7, 11) is 1.69. The molecule has 21 heavy (non-hydrogen) atoms. The predicted molar refractivity (Wildman–Crippen MR) is 84.6 cm³/mol. The Morgan fingerprint density at radius 3 is 2.57 bits per heavy atom. The smallest absolute Gasteiger partial charge is 0.209 e. The van der Waals surface area contributed by atoms with Crippen LogP contribution >= 0.6 is 0 Å². The van der Waals surface area contributed by atoms with Crippen molar-refractivity contribution >= 4 is 5.69 Å². The van der Waals surface area contributed by atoms with Gasteiger partial charge in [0.15, 0.2) is 0 Å². The Labute approximate surface area is 125 Å². The average molecular weight is 283 g/mol. The predicted octanol–water partition coefficient (Wildman–Crippen LogP) is 4.29. The fraction of sp³-hybridized carbons (Fsp3) is 0.333. The summed E-state index contributed by atoms with van der Waals surface area (Å²) in [4.78, 5) is 0. The van der Waals surface area contributed by atoms with Gasteiger partial charge in [-0.3, -0.25) is 0 Å². The normalized spacial score (nSPS) is 24.0. The zero-order chi connectivity index (χ0) is 14.9. The zero-order valence-electron chi connectivity index (χ0n) is 12.7. The standard InChI is InChI=1S/C18H21NO2/c1-13-8-10-14(11-9-13)19-16-12-18(2,20-3)21-17-7-5-4-6-15(16)17/h4-11,16,19H,12H2,1-3H3/t16-,18-/m1/s1. The van der Waals surface area contributed by atoms with Gasteiger partial charge in [-0.25, -0.2) is 0 Å². The third-order valence-corrected chi connectivity index (χ3v) is 4.02. The van der Waals surface area contributed by atoms with E-state index in [1.807, 2.05) is 25.1 Å². The van der Waals surface area contributed by atoms with Gasteiger partial charge in [-0.05, 0) is 25.1 Å². The molecule has 0 amide bonds. The highest BCUT2D eigenvalue weighted by atomic mass is 16.7. The molecule has 3 rings (SSSR count). The van der Waals surface area contributed by atoms with Crippen LogP contribution < -0.4 is 10.1 Å². The number of rotatable bonds is 3. The summed E-state index contributed by atoms with van der Waals surface area (Å²) in [6, 6.07) is 16.8. The molecule has 1 N–H and O–H groups in total. The molecule has 110 valence electrons. The number of aryl methyl sites for hydroxylation is 1. The third-order valence-electron chi connectivity index (χ3n) is 4.02. The van der Waals surface area contributed by atoms with Crippen LogP contribution in [-0.4, -0.2) is 12.9 Å². The maximum atomic E-state index is 5.99. The molecule has 0 saturated carbocycles. The SMILES string of the molecule is CO[C@@]1(C)C[C@@H](Nc2ccc(C)cc2)c2ccccc2O1. The van der Waals surface area contributed by atoms with Crippen LogP contribution in [0.3, 0.4) is 0 Å². The van der Waals surface area contributed by atoms with Crippen LogP contribution in [0.25, 0.3) is 0 Å². The average Bonchev–Trinajstić information content (AvgIpc) is 2.49. The maximum absolute atomic E-state index is 5.99. The van der Waals surface area contributed by atoms with Gasteiger partial charge in [0.2, 0.25) is 5.79 Å². The number of benzene rings is 2. The molecule has 0 saturated heterocycles. The highest BCUT2D eigenvalue weighted by Crippen LogP contribution is 2.41. The molecule has 0 spiro atoms. The molecule has 0 unspecified atom stereocenters. The van der Waals surface area contributed by atoms with E-state index < -0.39 is 5.79 Å². The minimum absolute atomic E-state index is 0.169. The Hall–Kier alpha value is -2.00. The lowest BCUT2D eigenvalue weighted by Crippen LogP contribution is -2.41. The Balaban J connectivity index is 1.91. The molecule has 2 aromatic carbocycles. The van der Waals surface area contributed by atoms with Gasteiger partial charge in [0.1, 0.15) is 5.75 Å². The number of nitrogens with one attached hydrogen (secondary N) is 1. The Kier molecular flexibility index (Phi) is 3.60. The quantitative estimate of drug-likeness (QED) is 0.911. The monoisotopic (exact) mass is 283 g/mol. The van der Waals surface area contributed by atoms with Crippen molar-refractivity contribution in [3.63, 3.8) is 0 Å². The summed E-state index contributed by atoms with van der Waals surface area (Å²) in [5.74, 6) is 0.286. The van der Waals surface area contributed by atoms with E-state index in [1.165, 1.54) is 11.1 Å². The summed E-state index contributed by atoms with van der Waals surface area (Å²) in [5, 5.41) is 3.59. The van der Waals surface area contributed by atoms with Crippen molar-refractivity contribution in [2.24, 2.45) is 0 Å². The van der Waals surface area contributed by atoms with Crippen LogP contribution in [0.2, 0.25) is 0 Å². The van der Waals surface area contributed by atoms with E-state index in [4.69, 9.17) is 9.47 Å². The van der Waals surface area contributed by atoms with Gasteiger partial charge in [-0.15, -0.1) is 0 Å². The Morgan fingerprint density at radius 1 is 1.14 bits per heavy atom. The molecule has 0 aromatic heterocycles. The number of hydrogen-bond acceptors (Lipinski definition) is 3. The van der Waals surface area contributed by atoms with E-state index in [0.29, 0.717) is 0 Å². The lowest BCUT2D eigenvalue weighted by molar-refractivity contribution is -0.164. The molecular weight excluding hydrogens is 262 g/mol. The first-order chi connectivity index (χ1) is 10.1. The van der Waals surface area contributed by atoms with Gasteiger partial charge in [-0.1, -0.05) is 35.9 Å². The lowest BCUT2D eigenvalue weighted by atomic mass is 9.94. The van der Waals surface area contributed by atoms with E-state index in [-0.39, 0.29) is 6.04 Å². The van der Waals surface area contributed by atoms with Gasteiger partial charge in [-0.2, -0.15) is 0 Å². The van der Waals surface area contributed by atoms with Gasteiger partial charge in [0.25, 0.3) is 0 Å². The number of anilines is 1. The molecule has 1 aliphatic heterocycles. The molecule has 2 aromatic rings. The van der Waals surface area contributed by atoms with E-state index in [9.17, 15) is 0 Å². The number of fused-ring (bicyclic) bond motifs is 1. The van der Waals surface area contributed by atoms with Crippen molar-refractivity contribution in [1.82, 2.24) is 0 Å². The zero-order valence-corrected chi connectivity index (χ0v) is 12.7. The van der Waals surface area contributed by atoms with E-state index in [0.717, 1.165) is 17.9 Å². The first-order valence-corrected chi connectivity index (χ1v) is 7.26. The molecule has 0 aliphatic carbocycles. The molecule has 1 aliphatic rings. The van der Waals surface area contributed by atoms with Crippen LogP contribution in [-0.2, 0) is 4.74 Å². The second-order valence-electron chi connectivity index (χ2n) is 5.74. The van der Waals surface area contributed by atoms with Crippen LogP contribution in [0.5, 0.6) is 5.75 Å². The van der Waals surface area contributed by atoms with Crippen molar-refractivity contribution < 1.29 is 9.47 Å². The largest absolute Gasteiger partial charge is 0.462 e. The van der Waals surface area contributed by atoms with E-state index in [2.05, 4.69) is 42.6 Å². The number of methoxy groups -OCH3 is 1. The third kappa shape index (κ3) is 2.88. The maximum Gasteiger partial charge on any atom is 0.209 e. The summed E-state index contributed by atoms with van der Waals surface area (Å²) in [6.45, 7) is 4.07. The molecule has 0 fully saturated rings. The van der Waals surface area contributed by atoms with Crippen molar-refractivity contribution in [3.8, 4) is 5.75 Å². The molecule has 0 radical (unpaired) electrons. The highest BCUT2D eigenvalue weighted by Gasteiger charge is 2.37. The van der Waals surface area contributed by atoms with Crippen molar-refractivity contribution in [2.45, 2.75) is 32.1 Å². The topological polar surface area (TPSA) is 30.5 Å². The summed E-state index contributed by atoms with van der Waals surface area (Å²) in [5.41, 5.74) is 3.54. The van der Waals surface area contributed by atoms with Gasteiger partial charge in [0.05, 0.1) is 6.04 Å². The number of ether oxygens (including phenoxy) is 2. The first kappa shape index (κ1) is 14.0. The van der Waals surface area contributed by atoms with Crippen molar-refractivity contribution in [3.05, 3.63) is 59.7 Å². The van der Waals surface area contributed by atoms with Gasteiger partial charge >= 0.3 is 0 Å². The number of para-hydroxylation sites is 1. The molecule has 0 bridgehead atoms. The lowest BCUT2D eigenvalue weighted by Gasteiger charge is -2.39. The summed E-state index contributed by atoms with van der Waals surface area (Å²) in [6.07, 6.45) is 0.758. The minimum atomic E-state index is -0.600.